The molecule has 0 atom stereocenters. The van der Waals surface area contributed by atoms with Gasteiger partial charge >= 0.3 is 0 Å². The number of benzene rings is 1. The van der Waals surface area contributed by atoms with Crippen molar-refractivity contribution in [1.29, 1.82) is 0 Å². The Morgan fingerprint density at radius 1 is 1.11 bits per heavy atom. The summed E-state index contributed by atoms with van der Waals surface area (Å²) >= 11 is 0. The van der Waals surface area contributed by atoms with E-state index in [0.29, 0.717) is 12.4 Å². The van der Waals surface area contributed by atoms with Crippen LogP contribution in [-0.2, 0) is 13.0 Å². The first-order valence-electron chi connectivity index (χ1n) is 6.09. The summed E-state index contributed by atoms with van der Waals surface area (Å²) in [6.45, 7) is 2.55. The van der Waals surface area contributed by atoms with E-state index < -0.39 is 0 Å². The predicted octanol–water partition coefficient (Wildman–Crippen LogP) is 2.68. The lowest BCUT2D eigenvalue weighted by Gasteiger charge is -2.05. The van der Waals surface area contributed by atoms with Gasteiger partial charge in [-0.05, 0) is 24.1 Å². The molecule has 0 unspecified atom stereocenters. The van der Waals surface area contributed by atoms with E-state index in [0.717, 1.165) is 24.3 Å². The minimum Gasteiger partial charge on any atom is -0.438 e. The first-order chi connectivity index (χ1) is 8.81. The average molecular weight is 243 g/mol. The van der Waals surface area contributed by atoms with E-state index >= 15 is 0 Å². The van der Waals surface area contributed by atoms with Gasteiger partial charge in [-0.1, -0.05) is 25.5 Å². The highest BCUT2D eigenvalue weighted by Crippen LogP contribution is 2.19. The van der Waals surface area contributed by atoms with Crippen molar-refractivity contribution in [3.8, 4) is 11.6 Å². The molecule has 0 saturated heterocycles. The second-order valence-electron chi connectivity index (χ2n) is 4.05. The highest BCUT2D eigenvalue weighted by molar-refractivity contribution is 5.30. The average Bonchev–Trinajstić information content (AvgIpc) is 2.42. The molecule has 2 aromatic rings. The quantitative estimate of drug-likeness (QED) is 0.877. The van der Waals surface area contributed by atoms with Crippen LogP contribution in [-0.4, -0.2) is 9.97 Å². The normalized spacial score (nSPS) is 10.3. The van der Waals surface area contributed by atoms with Crippen LogP contribution >= 0.6 is 0 Å². The molecule has 0 aliphatic heterocycles. The number of hydrogen-bond acceptors (Lipinski definition) is 4. The van der Waals surface area contributed by atoms with Crippen molar-refractivity contribution >= 4 is 0 Å². The van der Waals surface area contributed by atoms with Gasteiger partial charge in [-0.25, -0.2) is 4.98 Å². The van der Waals surface area contributed by atoms with Crippen LogP contribution in [0.3, 0.4) is 0 Å². The third-order valence-electron chi connectivity index (χ3n) is 2.58. The molecule has 0 aliphatic carbocycles. The van der Waals surface area contributed by atoms with Gasteiger partial charge in [0.1, 0.15) is 5.75 Å². The van der Waals surface area contributed by atoms with Gasteiger partial charge in [0.15, 0.2) is 0 Å². The van der Waals surface area contributed by atoms with Crippen molar-refractivity contribution < 1.29 is 4.74 Å². The molecule has 94 valence electrons. The van der Waals surface area contributed by atoms with E-state index in [1.54, 1.807) is 12.4 Å². The summed E-state index contributed by atoms with van der Waals surface area (Å²) in [7, 11) is 0. The maximum atomic E-state index is 5.60. The molecule has 0 bridgehead atoms. The van der Waals surface area contributed by atoms with Crippen LogP contribution in [0, 0.1) is 0 Å². The van der Waals surface area contributed by atoms with Crippen LogP contribution < -0.4 is 10.5 Å². The SMILES string of the molecule is CCCc1ccc(Oc2cnc(CN)cn2)cc1. The summed E-state index contributed by atoms with van der Waals surface area (Å²) in [5, 5.41) is 0. The maximum Gasteiger partial charge on any atom is 0.237 e. The molecule has 1 heterocycles. The lowest BCUT2D eigenvalue weighted by atomic mass is 10.1. The molecule has 1 aromatic carbocycles. The summed E-state index contributed by atoms with van der Waals surface area (Å²) < 4.78 is 5.60. The molecule has 1 aromatic heterocycles. The summed E-state index contributed by atoms with van der Waals surface area (Å²) in [5.74, 6) is 1.25. The lowest BCUT2D eigenvalue weighted by molar-refractivity contribution is 0.459. The first kappa shape index (κ1) is 12.5. The molecule has 0 radical (unpaired) electrons. The number of aromatic nitrogens is 2. The lowest BCUT2D eigenvalue weighted by Crippen LogP contribution is -2.00. The van der Waals surface area contributed by atoms with Crippen LogP contribution in [0.25, 0.3) is 0 Å². The van der Waals surface area contributed by atoms with Gasteiger partial charge in [0.25, 0.3) is 0 Å². The Morgan fingerprint density at radius 3 is 2.44 bits per heavy atom. The van der Waals surface area contributed by atoms with Crippen molar-refractivity contribution in [2.75, 3.05) is 0 Å². The molecule has 18 heavy (non-hydrogen) atoms. The fraction of sp³-hybridized carbons (Fsp3) is 0.286. The van der Waals surface area contributed by atoms with Crippen LogP contribution in [0.15, 0.2) is 36.7 Å². The largest absolute Gasteiger partial charge is 0.438 e. The van der Waals surface area contributed by atoms with Gasteiger partial charge in [0.05, 0.1) is 18.1 Å². The maximum absolute atomic E-state index is 5.60. The Morgan fingerprint density at radius 2 is 1.89 bits per heavy atom. The third kappa shape index (κ3) is 3.28. The van der Waals surface area contributed by atoms with Gasteiger partial charge in [-0.3, -0.25) is 4.98 Å². The molecule has 0 fully saturated rings. The van der Waals surface area contributed by atoms with Crippen LogP contribution in [0.2, 0.25) is 0 Å². The number of nitrogens with zero attached hydrogens (tertiary/aromatic N) is 2. The minimum atomic E-state index is 0.388. The Bertz CT molecular complexity index is 479. The second kappa shape index (κ2) is 6.12. The fourth-order valence-electron chi connectivity index (χ4n) is 1.63. The molecule has 4 heteroatoms. The highest BCUT2D eigenvalue weighted by atomic mass is 16.5. The molecule has 2 rings (SSSR count). The standard InChI is InChI=1S/C14H17N3O/c1-2-3-11-4-6-13(7-5-11)18-14-10-16-12(8-15)9-17-14/h4-7,9-10H,2-3,8,15H2,1H3. The van der Waals surface area contributed by atoms with Gasteiger partial charge in [-0.15, -0.1) is 0 Å². The van der Waals surface area contributed by atoms with E-state index in [1.165, 1.54) is 5.56 Å². The molecule has 0 amide bonds. The van der Waals surface area contributed by atoms with Crippen LogP contribution in [0.5, 0.6) is 11.6 Å². The van der Waals surface area contributed by atoms with Crippen molar-refractivity contribution in [2.24, 2.45) is 5.73 Å². The van der Waals surface area contributed by atoms with E-state index in [1.807, 2.05) is 12.1 Å². The van der Waals surface area contributed by atoms with Gasteiger partial charge < -0.3 is 10.5 Å². The summed E-state index contributed by atoms with van der Waals surface area (Å²) in [4.78, 5) is 8.27. The molecule has 0 aliphatic rings. The molecular weight excluding hydrogens is 226 g/mol. The Labute approximate surface area is 107 Å². The van der Waals surface area contributed by atoms with E-state index in [2.05, 4.69) is 29.0 Å². The number of aryl methyl sites for hydroxylation is 1. The smallest absolute Gasteiger partial charge is 0.237 e. The van der Waals surface area contributed by atoms with Crippen molar-refractivity contribution in [1.82, 2.24) is 9.97 Å². The third-order valence-corrected chi connectivity index (χ3v) is 2.58. The minimum absolute atomic E-state index is 0.388. The highest BCUT2D eigenvalue weighted by Gasteiger charge is 2.00. The first-order valence-corrected chi connectivity index (χ1v) is 6.09. The molecule has 2 N–H and O–H groups in total. The molecule has 0 saturated carbocycles. The molecular formula is C14H17N3O. The Hall–Kier alpha value is -1.94. The zero-order chi connectivity index (χ0) is 12.8. The van der Waals surface area contributed by atoms with Crippen molar-refractivity contribution in [3.05, 3.63) is 47.9 Å². The monoisotopic (exact) mass is 243 g/mol. The van der Waals surface area contributed by atoms with Crippen LogP contribution in [0.1, 0.15) is 24.6 Å². The summed E-state index contributed by atoms with van der Waals surface area (Å²) in [6, 6.07) is 8.04. The number of nitrogens with two attached hydrogens (primary N) is 1. The number of ether oxygens (including phenoxy) is 1. The topological polar surface area (TPSA) is 61.0 Å². The molecule has 4 nitrogen and oxygen atoms in total. The van der Waals surface area contributed by atoms with Crippen molar-refractivity contribution in [3.63, 3.8) is 0 Å². The van der Waals surface area contributed by atoms with Gasteiger partial charge in [0.2, 0.25) is 5.88 Å². The Balaban J connectivity index is 2.03. The number of rotatable bonds is 5. The fourth-order valence-corrected chi connectivity index (χ4v) is 1.63. The van der Waals surface area contributed by atoms with Crippen molar-refractivity contribution in [2.45, 2.75) is 26.3 Å². The molecule has 0 spiro atoms. The summed E-state index contributed by atoms with van der Waals surface area (Å²) in [5.41, 5.74) is 7.52. The van der Waals surface area contributed by atoms with E-state index in [4.69, 9.17) is 10.5 Å². The number of hydrogen-bond donors (Lipinski definition) is 1. The van der Waals surface area contributed by atoms with E-state index in [-0.39, 0.29) is 0 Å². The second-order valence-corrected chi connectivity index (χ2v) is 4.05. The zero-order valence-electron chi connectivity index (χ0n) is 10.5. The summed E-state index contributed by atoms with van der Waals surface area (Å²) in [6.07, 6.45) is 5.44. The van der Waals surface area contributed by atoms with Gasteiger partial charge in [-0.2, -0.15) is 0 Å². The van der Waals surface area contributed by atoms with E-state index in [9.17, 15) is 0 Å². The van der Waals surface area contributed by atoms with Gasteiger partial charge in [0, 0.05) is 6.54 Å². The van der Waals surface area contributed by atoms with Crippen LogP contribution in [0.4, 0.5) is 0 Å². The zero-order valence-corrected chi connectivity index (χ0v) is 10.5. The predicted molar refractivity (Wildman–Crippen MR) is 70.4 cm³/mol. The Kier molecular flexibility index (Phi) is 4.25.